The van der Waals surface area contributed by atoms with Crippen LogP contribution in [0.3, 0.4) is 0 Å². The molecule has 0 saturated heterocycles. The minimum absolute atomic E-state index is 0.0521. The summed E-state index contributed by atoms with van der Waals surface area (Å²) in [5, 5.41) is 9.81. The van der Waals surface area contributed by atoms with Gasteiger partial charge in [0.1, 0.15) is 5.75 Å². The molecule has 1 aromatic heterocycles. The van der Waals surface area contributed by atoms with Crippen molar-refractivity contribution in [3.05, 3.63) is 54.1 Å². The van der Waals surface area contributed by atoms with Gasteiger partial charge in [-0.25, -0.2) is 8.42 Å². The lowest BCUT2D eigenvalue weighted by Gasteiger charge is -2.07. The van der Waals surface area contributed by atoms with Crippen LogP contribution >= 0.6 is 0 Å². The monoisotopic (exact) mass is 457 g/mol. The smallest absolute Gasteiger partial charge is 0.322 e. The van der Waals surface area contributed by atoms with Gasteiger partial charge in [0, 0.05) is 11.1 Å². The maximum atomic E-state index is 12.4. The van der Waals surface area contributed by atoms with Crippen molar-refractivity contribution < 1.29 is 22.4 Å². The highest BCUT2D eigenvalue weighted by Gasteiger charge is 2.19. The van der Waals surface area contributed by atoms with Crippen molar-refractivity contribution in [3.63, 3.8) is 0 Å². The highest BCUT2D eigenvalue weighted by Crippen LogP contribution is 2.24. The topological polar surface area (TPSA) is 111 Å². The van der Waals surface area contributed by atoms with Crippen molar-refractivity contribution in [1.29, 1.82) is 0 Å². The Bertz CT molecular complexity index is 1140. The fraction of sp³-hybridized carbons (Fsp3) is 0.348. The van der Waals surface area contributed by atoms with Crippen LogP contribution in [0.25, 0.3) is 11.5 Å². The minimum atomic E-state index is -3.36. The Labute approximate surface area is 187 Å². The van der Waals surface area contributed by atoms with Crippen molar-refractivity contribution in [2.75, 3.05) is 11.9 Å². The largest absolute Gasteiger partial charge is 0.494 e. The summed E-state index contributed by atoms with van der Waals surface area (Å²) >= 11 is 0. The molecule has 0 aliphatic carbocycles. The Balaban J connectivity index is 1.62. The molecule has 2 aromatic carbocycles. The summed E-state index contributed by atoms with van der Waals surface area (Å²) < 4.78 is 35.6. The second-order valence-electron chi connectivity index (χ2n) is 7.56. The van der Waals surface area contributed by atoms with Gasteiger partial charge in [0.2, 0.25) is 5.89 Å². The van der Waals surface area contributed by atoms with E-state index in [0.29, 0.717) is 23.5 Å². The van der Waals surface area contributed by atoms with Gasteiger partial charge in [0.25, 0.3) is 5.91 Å². The predicted molar refractivity (Wildman–Crippen MR) is 121 cm³/mol. The molecule has 0 aliphatic heterocycles. The van der Waals surface area contributed by atoms with Crippen molar-refractivity contribution in [1.82, 2.24) is 10.2 Å². The zero-order valence-electron chi connectivity index (χ0n) is 18.4. The molecule has 3 aromatic rings. The van der Waals surface area contributed by atoms with Crippen molar-refractivity contribution in [3.8, 4) is 17.2 Å². The summed E-state index contributed by atoms with van der Waals surface area (Å²) in [5.41, 5.74) is 0.971. The van der Waals surface area contributed by atoms with Gasteiger partial charge in [-0.2, -0.15) is 0 Å². The van der Waals surface area contributed by atoms with E-state index in [1.807, 2.05) is 0 Å². The number of sulfone groups is 1. The molecule has 0 spiro atoms. The Hall–Kier alpha value is -3.20. The molecule has 1 amide bonds. The number of hydrogen-bond donors (Lipinski definition) is 1. The molecular weight excluding hydrogens is 430 g/mol. The number of nitrogens with zero attached hydrogens (tertiary/aromatic N) is 2. The molecule has 0 unspecified atom stereocenters. The number of aromatic nitrogens is 2. The number of amides is 1. The number of hydrogen-bond acceptors (Lipinski definition) is 7. The molecule has 0 aliphatic rings. The Kier molecular flexibility index (Phi) is 7.63. The molecule has 9 heteroatoms. The average Bonchev–Trinajstić information content (AvgIpc) is 3.25. The fourth-order valence-electron chi connectivity index (χ4n) is 2.86. The second kappa shape index (κ2) is 10.4. The third-order valence-corrected chi connectivity index (χ3v) is 7.00. The van der Waals surface area contributed by atoms with E-state index in [-0.39, 0.29) is 16.8 Å². The summed E-state index contributed by atoms with van der Waals surface area (Å²) in [4.78, 5) is 12.7. The van der Waals surface area contributed by atoms with Gasteiger partial charge < -0.3 is 9.15 Å². The lowest BCUT2D eigenvalue weighted by atomic mass is 10.2. The van der Waals surface area contributed by atoms with Gasteiger partial charge in [-0.3, -0.25) is 10.1 Å². The Morgan fingerprint density at radius 3 is 2.34 bits per heavy atom. The molecular formula is C23H27N3O5S. The van der Waals surface area contributed by atoms with Gasteiger partial charge >= 0.3 is 6.01 Å². The Morgan fingerprint density at radius 1 is 1.03 bits per heavy atom. The van der Waals surface area contributed by atoms with E-state index in [4.69, 9.17) is 9.15 Å². The molecule has 32 heavy (non-hydrogen) atoms. The molecule has 170 valence electrons. The predicted octanol–water partition coefficient (Wildman–Crippen LogP) is 4.74. The normalized spacial score (nSPS) is 11.5. The van der Waals surface area contributed by atoms with E-state index in [9.17, 15) is 13.2 Å². The highest BCUT2D eigenvalue weighted by atomic mass is 32.2. The molecule has 0 bridgehead atoms. The lowest BCUT2D eigenvalue weighted by molar-refractivity contribution is 0.102. The van der Waals surface area contributed by atoms with E-state index < -0.39 is 21.0 Å². The molecule has 0 fully saturated rings. The number of benzene rings is 2. The zero-order valence-corrected chi connectivity index (χ0v) is 19.2. The van der Waals surface area contributed by atoms with Crippen LogP contribution in [0, 0.1) is 0 Å². The summed E-state index contributed by atoms with van der Waals surface area (Å²) in [6.45, 7) is 6.04. The number of carbonyl (C=O) groups is 1. The second-order valence-corrected chi connectivity index (χ2v) is 10.1. The van der Waals surface area contributed by atoms with Crippen molar-refractivity contribution >= 4 is 21.8 Å². The van der Waals surface area contributed by atoms with Crippen molar-refractivity contribution in [2.24, 2.45) is 0 Å². The maximum absolute atomic E-state index is 12.4. The quantitative estimate of drug-likeness (QED) is 0.438. The first-order valence-electron chi connectivity index (χ1n) is 10.5. The highest BCUT2D eigenvalue weighted by molar-refractivity contribution is 7.92. The molecule has 8 nitrogen and oxygen atoms in total. The van der Waals surface area contributed by atoms with Crippen LogP contribution in [0.2, 0.25) is 0 Å². The van der Waals surface area contributed by atoms with E-state index in [1.165, 1.54) is 12.1 Å². The third-order valence-electron chi connectivity index (χ3n) is 4.83. The number of unbranched alkanes of at least 4 members (excludes halogenated alkanes) is 2. The number of ether oxygens (including phenoxy) is 1. The van der Waals surface area contributed by atoms with Crippen LogP contribution in [-0.4, -0.2) is 36.4 Å². The Morgan fingerprint density at radius 2 is 1.72 bits per heavy atom. The summed E-state index contributed by atoms with van der Waals surface area (Å²) in [6, 6.07) is 12.9. The van der Waals surface area contributed by atoms with Crippen LogP contribution in [-0.2, 0) is 9.84 Å². The molecule has 0 radical (unpaired) electrons. The van der Waals surface area contributed by atoms with Gasteiger partial charge in [-0.15, -0.1) is 5.10 Å². The first-order chi connectivity index (χ1) is 15.3. The number of nitrogens with one attached hydrogen (secondary N) is 1. The fourth-order valence-corrected chi connectivity index (χ4v) is 3.92. The molecule has 1 N–H and O–H groups in total. The number of carbonyl (C=O) groups excluding carboxylic acids is 1. The maximum Gasteiger partial charge on any atom is 0.322 e. The van der Waals surface area contributed by atoms with E-state index in [2.05, 4.69) is 22.4 Å². The summed E-state index contributed by atoms with van der Waals surface area (Å²) in [6.07, 6.45) is 3.24. The lowest BCUT2D eigenvalue weighted by Crippen LogP contribution is -2.13. The van der Waals surface area contributed by atoms with E-state index in [1.54, 1.807) is 50.2 Å². The van der Waals surface area contributed by atoms with Gasteiger partial charge in [0.05, 0.1) is 16.8 Å². The summed E-state index contributed by atoms with van der Waals surface area (Å²) in [5.74, 6) is 0.487. The average molecular weight is 458 g/mol. The van der Waals surface area contributed by atoms with Gasteiger partial charge in [-0.1, -0.05) is 24.9 Å². The molecule has 0 saturated carbocycles. The van der Waals surface area contributed by atoms with Crippen LogP contribution in [0.15, 0.2) is 57.8 Å². The standard InChI is InChI=1S/C23H27N3O5S/c1-4-5-6-15-30-19-11-7-17(8-12-19)21(27)24-23-26-25-22(31-23)18-9-13-20(14-10-18)32(28,29)16(2)3/h7-14,16H,4-6,15H2,1-3H3,(H,24,26,27). The zero-order chi connectivity index (χ0) is 23.1. The first-order valence-corrected chi connectivity index (χ1v) is 12.1. The number of anilines is 1. The van der Waals surface area contributed by atoms with E-state index >= 15 is 0 Å². The third kappa shape index (κ3) is 5.73. The SMILES string of the molecule is CCCCCOc1ccc(C(=O)Nc2nnc(-c3ccc(S(=O)(=O)C(C)C)cc3)o2)cc1. The molecule has 1 heterocycles. The van der Waals surface area contributed by atoms with Crippen molar-refractivity contribution in [2.45, 2.75) is 50.2 Å². The van der Waals surface area contributed by atoms with Gasteiger partial charge in [0.15, 0.2) is 9.84 Å². The molecule has 3 rings (SSSR count). The summed E-state index contributed by atoms with van der Waals surface area (Å²) in [7, 11) is -3.36. The van der Waals surface area contributed by atoms with Crippen LogP contribution in [0.1, 0.15) is 50.4 Å². The number of rotatable bonds is 10. The van der Waals surface area contributed by atoms with Crippen LogP contribution < -0.4 is 10.1 Å². The minimum Gasteiger partial charge on any atom is -0.494 e. The first kappa shape index (κ1) is 23.5. The molecule has 0 atom stereocenters. The van der Waals surface area contributed by atoms with Gasteiger partial charge in [-0.05, 0) is 68.8 Å². The van der Waals surface area contributed by atoms with E-state index in [0.717, 1.165) is 19.3 Å². The van der Waals surface area contributed by atoms with Crippen LogP contribution in [0.4, 0.5) is 6.01 Å². The van der Waals surface area contributed by atoms with Crippen LogP contribution in [0.5, 0.6) is 5.75 Å².